The lowest BCUT2D eigenvalue weighted by Crippen LogP contribution is -2.44. The second kappa shape index (κ2) is 55.4. The van der Waals surface area contributed by atoms with Gasteiger partial charge in [0.05, 0.1) is 53.3 Å². The monoisotopic (exact) mass is 2060 g/mol. The number of furan rings is 2. The number of aromatic amines is 1. The lowest BCUT2D eigenvalue weighted by Gasteiger charge is -2.45. The van der Waals surface area contributed by atoms with E-state index in [-0.39, 0.29) is 72.4 Å². The zero-order valence-corrected chi connectivity index (χ0v) is 87.7. The molecule has 2 amide bonds. The molecule has 17 rings (SSSR count). The van der Waals surface area contributed by atoms with Gasteiger partial charge in [-0.05, 0) is 328 Å². The molecule has 0 saturated carbocycles. The standard InChI is InChI=1S/C25H33NO2.C23H29NO.2C19H22N2O4S.C17H11ClFNO2.C16H14N4O/c1-20(2)28-23-12-10-21(11-13-23)18-26-16-14-25(22-8-6-5-7-9-22)15-17-27-24(3,4)19-25;1-22(2)19-23(14-16-25-22,17-20-9-5-3-6-10-20)13-15-24-18-21-11-7-4-8-12-21;1-15-4-2-12-21(14-15)26(23,24)18-9-6-16(7-10-18)20-19(22)11-8-17-5-3-13-25-17;1-25-17-9-5-15(6-10-17)19(22)20-16-7-11-18(12-8-16)26(23,24)21-13-3-2-4-14-21;18-12-3-7-16(21)15(9-12)20-10-14-6-8-17(22-14)11-1-4-13(19)5-2-11;1-2-8-21-16-14(10-18)13(9-17)15(20-16)19-11-12-6-4-3-5-7-12/h5-13,18,20H,14-17,19H2,1-4H3;3-12,18H,13-17,19H2,1-2H3;3,5-11,13,15H,2,4,12,14H2,1H3,(H,20,22);5-12H,2-4,13-14H2,1H3,(H,20,22);1-10,21H;3-7,11,20H,2,8H2,1H3/b;;11-8+;;;. The van der Waals surface area contributed by atoms with Crippen molar-refractivity contribution in [2.75, 3.05) is 76.8 Å². The Labute approximate surface area is 874 Å². The fourth-order valence-corrected chi connectivity index (χ4v) is 21.1. The van der Waals surface area contributed by atoms with Crippen molar-refractivity contribution in [2.24, 2.45) is 31.3 Å². The predicted molar refractivity (Wildman–Crippen MR) is 586 cm³/mol. The number of phenolic OH excluding ortho intramolecular Hbond substituents is 1. The topological polar surface area (TPSA) is 338 Å². The van der Waals surface area contributed by atoms with Gasteiger partial charge in [-0.25, -0.2) is 31.2 Å². The summed E-state index contributed by atoms with van der Waals surface area (Å²) in [5.74, 6) is 3.44. The first kappa shape index (κ1) is 112. The number of sulfonamides is 2. The highest BCUT2D eigenvalue weighted by molar-refractivity contribution is 7.89. The van der Waals surface area contributed by atoms with Crippen molar-refractivity contribution in [1.82, 2.24) is 13.6 Å². The molecule has 4 saturated heterocycles. The van der Waals surface area contributed by atoms with E-state index in [1.54, 1.807) is 121 Å². The summed E-state index contributed by atoms with van der Waals surface area (Å²) in [5, 5.41) is 34.0. The van der Waals surface area contributed by atoms with Gasteiger partial charge in [-0.1, -0.05) is 153 Å². The zero-order valence-electron chi connectivity index (χ0n) is 85.3. The summed E-state index contributed by atoms with van der Waals surface area (Å²) in [5.41, 5.74) is 9.40. The molecule has 4 aliphatic rings. The Hall–Kier alpha value is -14.5. The highest BCUT2D eigenvalue weighted by atomic mass is 35.5. The lowest BCUT2D eigenvalue weighted by molar-refractivity contribution is -0.111. The van der Waals surface area contributed by atoms with Gasteiger partial charge in [0.15, 0.2) is 5.82 Å². The molecule has 0 aliphatic carbocycles. The van der Waals surface area contributed by atoms with E-state index < -0.39 is 20.0 Å². The maximum atomic E-state index is 12.9. The fourth-order valence-electron chi connectivity index (χ4n) is 17.9. The van der Waals surface area contributed by atoms with Crippen molar-refractivity contribution in [3.63, 3.8) is 0 Å². The van der Waals surface area contributed by atoms with Crippen molar-refractivity contribution >= 4 is 97.3 Å². The number of ether oxygens (including phenoxy) is 5. The van der Waals surface area contributed by atoms with Crippen LogP contribution in [0.3, 0.4) is 0 Å². The molecule has 0 spiro atoms. The minimum atomic E-state index is -3.49. The largest absolute Gasteiger partial charge is 0.506 e. The number of hydrogen-bond acceptors (Lipinski definition) is 20. The molecule has 25 nitrogen and oxygen atoms in total. The van der Waals surface area contributed by atoms with E-state index in [9.17, 15) is 46.4 Å². The van der Waals surface area contributed by atoms with Gasteiger partial charge in [0.1, 0.15) is 69.3 Å². The number of nitrogens with zero attached hydrogens (tertiary/aromatic N) is 8. The van der Waals surface area contributed by atoms with Gasteiger partial charge < -0.3 is 53.2 Å². The average molecular weight is 2060 g/mol. The molecule has 10 aromatic carbocycles. The van der Waals surface area contributed by atoms with Crippen LogP contribution >= 0.6 is 11.6 Å². The number of H-pyrrole nitrogens is 1. The zero-order chi connectivity index (χ0) is 105. The number of phenols is 1. The molecule has 3 unspecified atom stereocenters. The van der Waals surface area contributed by atoms with E-state index in [2.05, 4.69) is 157 Å². The number of aliphatic imine (C=N–C) groups is 4. The van der Waals surface area contributed by atoms with Crippen LogP contribution in [0.15, 0.2) is 336 Å². The minimum absolute atomic E-state index is 0.0333. The van der Waals surface area contributed by atoms with Crippen LogP contribution in [0.4, 0.5) is 27.3 Å². The van der Waals surface area contributed by atoms with Gasteiger partial charge in [0.2, 0.25) is 31.8 Å². The van der Waals surface area contributed by atoms with Crippen LogP contribution in [0.25, 0.3) is 17.4 Å². The Kier molecular flexibility index (Phi) is 42.0. The summed E-state index contributed by atoms with van der Waals surface area (Å²) in [6.45, 7) is 23.0. The Morgan fingerprint density at radius 1 is 0.608 bits per heavy atom. The maximum Gasteiger partial charge on any atom is 0.255 e. The number of aromatic nitrogens is 1. The van der Waals surface area contributed by atoms with E-state index in [4.69, 9.17) is 54.1 Å². The van der Waals surface area contributed by atoms with Crippen LogP contribution in [-0.4, -0.2) is 156 Å². The number of amides is 2. The van der Waals surface area contributed by atoms with Crippen molar-refractivity contribution in [1.29, 1.82) is 10.5 Å². The summed E-state index contributed by atoms with van der Waals surface area (Å²) in [4.78, 5) is 45.4. The third kappa shape index (κ3) is 34.6. The van der Waals surface area contributed by atoms with Crippen LogP contribution in [0, 0.1) is 39.8 Å². The molecule has 3 aromatic heterocycles. The van der Waals surface area contributed by atoms with E-state index in [1.165, 1.54) is 82.0 Å². The molecule has 0 bridgehead atoms. The van der Waals surface area contributed by atoms with Gasteiger partial charge in [-0.15, -0.1) is 0 Å². The number of aromatic hydroxyl groups is 1. The predicted octanol–water partition coefficient (Wildman–Crippen LogP) is 26.1. The normalized spacial score (nSPS) is 17.2. The second-order valence-electron chi connectivity index (χ2n) is 38.1. The number of halogens is 2. The second-order valence-corrected chi connectivity index (χ2v) is 42.4. The van der Waals surface area contributed by atoms with Crippen LogP contribution in [0.2, 0.25) is 5.02 Å². The third-order valence-electron chi connectivity index (χ3n) is 25.1. The number of rotatable bonds is 31. The number of benzene rings is 10. The summed E-state index contributed by atoms with van der Waals surface area (Å²) in [6.07, 6.45) is 24.9. The van der Waals surface area contributed by atoms with Crippen molar-refractivity contribution in [2.45, 2.75) is 171 Å². The molecule has 148 heavy (non-hydrogen) atoms. The average Bonchev–Trinajstić information content (AvgIpc) is 0.916. The summed E-state index contributed by atoms with van der Waals surface area (Å²) >= 11 is 5.86. The summed E-state index contributed by atoms with van der Waals surface area (Å²) in [7, 11) is -5.38. The molecule has 4 fully saturated rings. The Bertz CT molecular complexity index is 6860. The quantitative estimate of drug-likeness (QED) is 0.0232. The van der Waals surface area contributed by atoms with Crippen LogP contribution in [-0.2, 0) is 46.2 Å². The molecular formula is C119H131ClFN11O14S2. The number of methoxy groups -OCH3 is 1. The first-order chi connectivity index (χ1) is 71.3. The number of carbonyl (C=O) groups excluding carboxylic acids is 2. The Morgan fingerprint density at radius 3 is 1.77 bits per heavy atom. The minimum Gasteiger partial charge on any atom is -0.506 e. The van der Waals surface area contributed by atoms with Crippen molar-refractivity contribution in [3.8, 4) is 46.6 Å². The highest BCUT2D eigenvalue weighted by Crippen LogP contribution is 2.46. The van der Waals surface area contributed by atoms with Crippen LogP contribution in [0.1, 0.15) is 193 Å². The first-order valence-corrected chi connectivity index (χ1v) is 53.1. The molecule has 4 aliphatic heterocycles. The SMILES string of the molecule is CC(C)Oc1ccc(C=NCCC2(c3ccccc3)CCOC(C)(C)C2)cc1.CC1(C)CC(CCN=Cc2ccccc2)(Cc2ccccc2)CCO1.CC1CCCN(S(=O)(=O)c2ccc(NC(=O)/C=C/c3ccco3)cc2)C1.CCCOc1[nH]c(N=Cc2ccccc2)c(C#N)c1C#N.COc1ccc(C(=O)Nc2ccc(S(=O)(=O)N3CCCCC3)cc2)cc1.Oc1ccc(Cl)cc1N=Cc1ccc(-c2ccc(F)cc2)o1. The van der Waals surface area contributed by atoms with Gasteiger partial charge >= 0.3 is 0 Å². The Balaban J connectivity index is 0.000000158. The fraction of sp³-hybridized carbons (Fsp3) is 0.311. The van der Waals surface area contributed by atoms with Gasteiger partial charge in [0, 0.05) is 110 Å². The maximum absolute atomic E-state index is 12.9. The van der Waals surface area contributed by atoms with Gasteiger partial charge in [-0.2, -0.15) is 19.1 Å². The third-order valence-corrected chi connectivity index (χ3v) is 29.1. The summed E-state index contributed by atoms with van der Waals surface area (Å²) in [6, 6.07) is 90.7. The van der Waals surface area contributed by atoms with E-state index in [0.29, 0.717) is 101 Å². The number of anilines is 2. The van der Waals surface area contributed by atoms with E-state index in [0.717, 1.165) is 132 Å². The molecule has 13 aromatic rings. The highest BCUT2D eigenvalue weighted by Gasteiger charge is 2.43. The molecule has 7 heterocycles. The van der Waals surface area contributed by atoms with Crippen molar-refractivity contribution < 1.29 is 68.4 Å². The number of piperidine rings is 2. The number of carbonyl (C=O) groups is 2. The number of nitrogens with one attached hydrogen (secondary N) is 3. The van der Waals surface area contributed by atoms with Crippen LogP contribution in [0.5, 0.6) is 23.1 Å². The van der Waals surface area contributed by atoms with Crippen LogP contribution < -0.4 is 24.8 Å². The molecule has 772 valence electrons. The van der Waals surface area contributed by atoms with E-state index in [1.807, 2.05) is 93.9 Å². The smallest absolute Gasteiger partial charge is 0.255 e. The molecular weight excluding hydrogens is 1930 g/mol. The Morgan fingerprint density at radius 2 is 1.18 bits per heavy atom. The van der Waals surface area contributed by atoms with Gasteiger partial charge in [0.25, 0.3) is 5.91 Å². The van der Waals surface area contributed by atoms with Crippen molar-refractivity contribution in [3.05, 3.63) is 364 Å². The number of nitriles is 2. The molecule has 4 N–H and O–H groups in total. The molecule has 29 heteroatoms. The first-order valence-electron chi connectivity index (χ1n) is 49.9. The molecule has 0 radical (unpaired) electrons. The summed E-state index contributed by atoms with van der Waals surface area (Å²) < 4.78 is 106. The number of hydrogen-bond donors (Lipinski definition) is 4. The lowest BCUT2D eigenvalue weighted by atomic mass is 9.67. The van der Waals surface area contributed by atoms with E-state index >= 15 is 0 Å². The van der Waals surface area contributed by atoms with Gasteiger partial charge in [-0.3, -0.25) is 19.6 Å². The molecule has 3 atom stereocenters.